The van der Waals surface area contributed by atoms with Gasteiger partial charge in [-0.1, -0.05) is 6.07 Å². The minimum Gasteiger partial charge on any atom is -0.465 e. The second-order valence-corrected chi connectivity index (χ2v) is 7.19. The number of esters is 1. The molecule has 1 aliphatic carbocycles. The Kier molecular flexibility index (Phi) is 2.97. The highest BCUT2D eigenvalue weighted by Gasteiger charge is 2.52. The molecule has 7 nitrogen and oxygen atoms in total. The first-order valence-corrected chi connectivity index (χ1v) is 8.88. The predicted octanol–water partition coefficient (Wildman–Crippen LogP) is 2.11. The average molecular weight is 368 g/mol. The molecule has 4 atom stereocenters. The molecule has 3 heterocycles. The zero-order valence-corrected chi connectivity index (χ0v) is 14.2. The van der Waals surface area contributed by atoms with Crippen molar-refractivity contribution in [1.82, 2.24) is 0 Å². The summed E-state index contributed by atoms with van der Waals surface area (Å²) in [5.74, 6) is 1.25. The van der Waals surface area contributed by atoms with Gasteiger partial charge in [0.25, 0.3) is 0 Å². The smallest absolute Gasteiger partial charge is 0.310 e. The Morgan fingerprint density at radius 2 is 1.48 bits per heavy atom. The van der Waals surface area contributed by atoms with E-state index in [0.717, 1.165) is 16.7 Å². The van der Waals surface area contributed by atoms with E-state index in [2.05, 4.69) is 0 Å². The molecule has 3 aliphatic heterocycles. The molecule has 1 fully saturated rings. The number of hydrogen-bond donors (Lipinski definition) is 1. The van der Waals surface area contributed by atoms with Crippen LogP contribution in [0.5, 0.6) is 23.0 Å². The lowest BCUT2D eigenvalue weighted by molar-refractivity contribution is -0.141. The predicted molar refractivity (Wildman–Crippen MR) is 89.9 cm³/mol. The van der Waals surface area contributed by atoms with Gasteiger partial charge in [0.15, 0.2) is 23.0 Å². The Bertz CT molecular complexity index is 969. The van der Waals surface area contributed by atoms with Gasteiger partial charge in [0, 0.05) is 11.8 Å². The van der Waals surface area contributed by atoms with Crippen molar-refractivity contribution in [2.45, 2.75) is 12.0 Å². The Labute approximate surface area is 154 Å². The summed E-state index contributed by atoms with van der Waals surface area (Å²) in [7, 11) is 0. The maximum atomic E-state index is 12.6. The topological polar surface area (TPSA) is 83.5 Å². The van der Waals surface area contributed by atoms with Gasteiger partial charge < -0.3 is 28.8 Å². The molecule has 2 aromatic carbocycles. The summed E-state index contributed by atoms with van der Waals surface area (Å²) in [6, 6.07) is 9.39. The summed E-state index contributed by atoms with van der Waals surface area (Å²) in [6.45, 7) is 0.545. The highest BCUT2D eigenvalue weighted by atomic mass is 16.7. The lowest BCUT2D eigenvalue weighted by Crippen LogP contribution is -2.34. The molecule has 0 unspecified atom stereocenters. The zero-order valence-electron chi connectivity index (χ0n) is 14.2. The van der Waals surface area contributed by atoms with Gasteiger partial charge in [0.1, 0.15) is 0 Å². The van der Waals surface area contributed by atoms with Crippen LogP contribution < -0.4 is 18.9 Å². The normalized spacial score (nSPS) is 29.3. The van der Waals surface area contributed by atoms with E-state index in [1.165, 1.54) is 0 Å². The van der Waals surface area contributed by atoms with E-state index < -0.39 is 12.0 Å². The summed E-state index contributed by atoms with van der Waals surface area (Å²) >= 11 is 0. The monoisotopic (exact) mass is 368 g/mol. The third-order valence-corrected chi connectivity index (χ3v) is 5.90. The fourth-order valence-corrected chi connectivity index (χ4v) is 4.64. The number of benzene rings is 2. The number of cyclic esters (lactones) is 1. The van der Waals surface area contributed by atoms with Gasteiger partial charge in [0.2, 0.25) is 13.6 Å². The Hall–Kier alpha value is -2.93. The fourth-order valence-electron chi connectivity index (χ4n) is 4.64. The lowest BCUT2D eigenvalue weighted by atomic mass is 9.66. The van der Waals surface area contributed by atoms with E-state index in [4.69, 9.17) is 23.7 Å². The molecule has 1 N–H and O–H groups in total. The van der Waals surface area contributed by atoms with Gasteiger partial charge in [0.05, 0.1) is 18.6 Å². The minimum atomic E-state index is -0.795. The highest BCUT2D eigenvalue weighted by molar-refractivity contribution is 5.78. The zero-order chi connectivity index (χ0) is 18.1. The number of hydrogen-bond acceptors (Lipinski definition) is 7. The van der Waals surface area contributed by atoms with Crippen LogP contribution in [-0.2, 0) is 9.53 Å². The van der Waals surface area contributed by atoms with E-state index in [-0.39, 0.29) is 38.0 Å². The van der Waals surface area contributed by atoms with Crippen LogP contribution in [0.1, 0.15) is 28.7 Å². The van der Waals surface area contributed by atoms with Gasteiger partial charge in [-0.25, -0.2) is 0 Å². The molecule has 27 heavy (non-hydrogen) atoms. The number of rotatable bonds is 1. The van der Waals surface area contributed by atoms with E-state index in [9.17, 15) is 9.90 Å². The molecular formula is C20H16O7. The van der Waals surface area contributed by atoms with E-state index in [1.807, 2.05) is 30.3 Å². The van der Waals surface area contributed by atoms with Gasteiger partial charge in [-0.15, -0.1) is 0 Å². The van der Waals surface area contributed by atoms with Crippen LogP contribution in [0.2, 0.25) is 0 Å². The number of carbonyl (C=O) groups excluding carboxylic acids is 1. The first-order chi connectivity index (χ1) is 13.2. The third kappa shape index (κ3) is 2.03. The largest absolute Gasteiger partial charge is 0.465 e. The van der Waals surface area contributed by atoms with Crippen molar-refractivity contribution in [2.24, 2.45) is 11.8 Å². The average Bonchev–Trinajstić information content (AvgIpc) is 3.40. The molecule has 0 radical (unpaired) electrons. The van der Waals surface area contributed by atoms with Crippen LogP contribution in [0, 0.1) is 11.8 Å². The molecule has 6 rings (SSSR count). The number of carbonyl (C=O) groups is 1. The minimum absolute atomic E-state index is 0.151. The molecule has 0 saturated carbocycles. The summed E-state index contributed by atoms with van der Waals surface area (Å²) in [4.78, 5) is 12.6. The molecule has 0 amide bonds. The van der Waals surface area contributed by atoms with Crippen molar-refractivity contribution in [1.29, 1.82) is 0 Å². The molecule has 1 saturated heterocycles. The van der Waals surface area contributed by atoms with E-state index in [0.29, 0.717) is 23.0 Å². The maximum absolute atomic E-state index is 12.6. The van der Waals surface area contributed by atoms with Gasteiger partial charge in [-0.2, -0.15) is 0 Å². The Morgan fingerprint density at radius 3 is 2.26 bits per heavy atom. The third-order valence-electron chi connectivity index (χ3n) is 5.90. The summed E-state index contributed by atoms with van der Waals surface area (Å²) in [5, 5.41) is 10.9. The van der Waals surface area contributed by atoms with Crippen LogP contribution in [0.15, 0.2) is 30.3 Å². The summed E-state index contributed by atoms with van der Waals surface area (Å²) in [5.41, 5.74) is 2.52. The van der Waals surface area contributed by atoms with Gasteiger partial charge >= 0.3 is 5.97 Å². The molecule has 2 aromatic rings. The lowest BCUT2D eigenvalue weighted by Gasteiger charge is -2.36. The molecule has 0 aromatic heterocycles. The van der Waals surface area contributed by atoms with Crippen molar-refractivity contribution < 1.29 is 33.6 Å². The van der Waals surface area contributed by atoms with Crippen LogP contribution >= 0.6 is 0 Å². The molecular weight excluding hydrogens is 352 g/mol. The second-order valence-electron chi connectivity index (χ2n) is 7.19. The molecule has 7 heteroatoms. The van der Waals surface area contributed by atoms with Gasteiger partial charge in [-0.3, -0.25) is 4.79 Å². The first kappa shape index (κ1) is 15.2. The van der Waals surface area contributed by atoms with Crippen molar-refractivity contribution >= 4 is 5.97 Å². The quantitative estimate of drug-likeness (QED) is 0.772. The van der Waals surface area contributed by atoms with Crippen LogP contribution in [0.3, 0.4) is 0 Å². The highest BCUT2D eigenvalue weighted by Crippen LogP contribution is 2.54. The number of aliphatic hydroxyl groups excluding tert-OH is 1. The van der Waals surface area contributed by atoms with Gasteiger partial charge in [-0.05, 0) is 41.0 Å². The number of fused-ring (bicyclic) bond motifs is 4. The van der Waals surface area contributed by atoms with Crippen LogP contribution in [0.4, 0.5) is 0 Å². The van der Waals surface area contributed by atoms with Crippen molar-refractivity contribution in [3.05, 3.63) is 47.0 Å². The number of ether oxygens (including phenoxy) is 5. The standard InChI is InChI=1S/C20H16O7/c21-19-11-5-16-15(26-8-27-16)4-10(11)17(18-12(19)6-23-20(18)22)9-1-2-13-14(3-9)25-7-24-13/h1-5,12,17-19,21H,6-8H2/t12-,17+,18+,19-/m0/s1. The molecule has 0 spiro atoms. The Morgan fingerprint density at radius 1 is 0.815 bits per heavy atom. The van der Waals surface area contributed by atoms with Crippen molar-refractivity contribution in [3.8, 4) is 23.0 Å². The molecule has 138 valence electrons. The SMILES string of the molecule is O=C1OC[C@H]2[C@@H]1[C@H](c1ccc3c(c1)OCO3)c1cc3c(cc1[C@@H]2O)OCO3. The fraction of sp³-hybridized carbons (Fsp3) is 0.350. The van der Waals surface area contributed by atoms with Crippen LogP contribution in [-0.4, -0.2) is 31.3 Å². The summed E-state index contributed by atoms with van der Waals surface area (Å²) in [6.07, 6.45) is -0.795. The van der Waals surface area contributed by atoms with E-state index in [1.54, 1.807) is 0 Å². The van der Waals surface area contributed by atoms with Crippen molar-refractivity contribution in [3.63, 3.8) is 0 Å². The molecule has 4 aliphatic rings. The van der Waals surface area contributed by atoms with E-state index >= 15 is 0 Å². The Balaban J connectivity index is 1.56. The van der Waals surface area contributed by atoms with Crippen LogP contribution in [0.25, 0.3) is 0 Å². The second kappa shape index (κ2) is 5.29. The maximum Gasteiger partial charge on any atom is 0.310 e. The summed E-state index contributed by atoms with van der Waals surface area (Å²) < 4.78 is 27.3. The number of aliphatic hydroxyl groups is 1. The molecule has 0 bridgehead atoms. The first-order valence-electron chi connectivity index (χ1n) is 8.88. The van der Waals surface area contributed by atoms with Crippen molar-refractivity contribution in [2.75, 3.05) is 20.2 Å².